The summed E-state index contributed by atoms with van der Waals surface area (Å²) in [5, 5.41) is 0. The lowest BCUT2D eigenvalue weighted by Gasteiger charge is -2.31. The molecule has 0 heterocycles. The van der Waals surface area contributed by atoms with Crippen LogP contribution < -0.4 is 0 Å². The molecule has 0 bridgehead atoms. The van der Waals surface area contributed by atoms with Crippen LogP contribution in [0.1, 0.15) is 46.0 Å². The van der Waals surface area contributed by atoms with Gasteiger partial charge in [0.05, 0.1) is 0 Å². The van der Waals surface area contributed by atoms with Crippen molar-refractivity contribution in [3.05, 3.63) is 0 Å². The largest absolute Gasteiger partial charge is 0.384 e. The van der Waals surface area contributed by atoms with E-state index in [1.165, 1.54) is 12.8 Å². The molecule has 0 aromatic carbocycles. The van der Waals surface area contributed by atoms with Crippen LogP contribution in [0.2, 0.25) is 0 Å². The van der Waals surface area contributed by atoms with E-state index >= 15 is 0 Å². The van der Waals surface area contributed by atoms with E-state index in [9.17, 15) is 4.79 Å². The first-order valence-electron chi connectivity index (χ1n) is 6.20. The van der Waals surface area contributed by atoms with Crippen molar-refractivity contribution in [1.29, 1.82) is 0 Å². The summed E-state index contributed by atoms with van der Waals surface area (Å²) in [6.45, 7) is 5.08. The average molecular weight is 212 g/mol. The lowest BCUT2D eigenvalue weighted by Crippen LogP contribution is -2.31. The van der Waals surface area contributed by atoms with E-state index < -0.39 is 0 Å². The van der Waals surface area contributed by atoms with E-state index in [1.807, 2.05) is 0 Å². The molecular weight excluding hydrogens is 188 g/mol. The third kappa shape index (κ3) is 3.60. The number of Topliss-reactive ketones (excluding diaryl/α,β-unsaturated/α-hetero) is 1. The molecule has 0 aliphatic heterocycles. The van der Waals surface area contributed by atoms with Gasteiger partial charge >= 0.3 is 0 Å². The second kappa shape index (κ2) is 6.26. The van der Waals surface area contributed by atoms with Gasteiger partial charge in [0.25, 0.3) is 0 Å². The Bertz CT molecular complexity index is 201. The maximum absolute atomic E-state index is 11.8. The molecule has 1 saturated carbocycles. The van der Waals surface area contributed by atoms with Crippen LogP contribution in [0.25, 0.3) is 0 Å². The Morgan fingerprint density at radius 3 is 2.87 bits per heavy atom. The maximum Gasteiger partial charge on any atom is 0.136 e. The van der Waals surface area contributed by atoms with Crippen LogP contribution in [-0.2, 0) is 9.53 Å². The molecule has 1 fully saturated rings. The first-order chi connectivity index (χ1) is 7.19. The summed E-state index contributed by atoms with van der Waals surface area (Å²) in [6, 6.07) is 0. The molecule has 3 atom stereocenters. The van der Waals surface area contributed by atoms with Crippen LogP contribution in [0, 0.1) is 17.8 Å². The first kappa shape index (κ1) is 12.7. The Morgan fingerprint density at radius 2 is 2.27 bits per heavy atom. The smallest absolute Gasteiger partial charge is 0.136 e. The van der Waals surface area contributed by atoms with Crippen molar-refractivity contribution in [3.63, 3.8) is 0 Å². The predicted octanol–water partition coefficient (Wildman–Crippen LogP) is 3.05. The van der Waals surface area contributed by atoms with E-state index in [-0.39, 0.29) is 5.92 Å². The number of carbonyl (C=O) groups excluding carboxylic acids is 1. The summed E-state index contributed by atoms with van der Waals surface area (Å²) < 4.78 is 5.15. The number of methoxy groups -OCH3 is 1. The summed E-state index contributed by atoms with van der Waals surface area (Å²) in [7, 11) is 1.72. The van der Waals surface area contributed by atoms with Crippen molar-refractivity contribution in [2.75, 3.05) is 13.7 Å². The zero-order valence-electron chi connectivity index (χ0n) is 10.3. The lowest BCUT2D eigenvalue weighted by atomic mass is 9.74. The summed E-state index contributed by atoms with van der Waals surface area (Å²) in [4.78, 5) is 11.8. The predicted molar refractivity (Wildman–Crippen MR) is 61.8 cm³/mol. The van der Waals surface area contributed by atoms with Gasteiger partial charge in [0.2, 0.25) is 0 Å². The zero-order chi connectivity index (χ0) is 11.3. The molecule has 0 radical (unpaired) electrons. The molecule has 15 heavy (non-hydrogen) atoms. The highest BCUT2D eigenvalue weighted by Gasteiger charge is 2.31. The van der Waals surface area contributed by atoms with Gasteiger partial charge in [-0.1, -0.05) is 26.7 Å². The molecule has 0 saturated heterocycles. The molecule has 2 nitrogen and oxygen atoms in total. The van der Waals surface area contributed by atoms with E-state index in [2.05, 4.69) is 13.8 Å². The highest BCUT2D eigenvalue weighted by molar-refractivity contribution is 5.82. The van der Waals surface area contributed by atoms with Crippen LogP contribution in [-0.4, -0.2) is 19.5 Å². The summed E-state index contributed by atoms with van der Waals surface area (Å²) >= 11 is 0. The molecule has 1 rings (SSSR count). The van der Waals surface area contributed by atoms with Gasteiger partial charge in [-0.3, -0.25) is 4.79 Å². The van der Waals surface area contributed by atoms with Gasteiger partial charge in [0.15, 0.2) is 0 Å². The van der Waals surface area contributed by atoms with Crippen molar-refractivity contribution in [2.24, 2.45) is 17.8 Å². The van der Waals surface area contributed by atoms with Crippen molar-refractivity contribution in [3.8, 4) is 0 Å². The summed E-state index contributed by atoms with van der Waals surface area (Å²) in [5.41, 5.74) is 0. The zero-order valence-corrected chi connectivity index (χ0v) is 10.3. The third-order valence-corrected chi connectivity index (χ3v) is 3.61. The second-order valence-corrected chi connectivity index (χ2v) is 4.93. The molecule has 3 unspecified atom stereocenters. The van der Waals surface area contributed by atoms with Gasteiger partial charge in [-0.25, -0.2) is 0 Å². The Balaban J connectivity index is 2.49. The minimum atomic E-state index is 0.259. The minimum Gasteiger partial charge on any atom is -0.384 e. The van der Waals surface area contributed by atoms with Crippen molar-refractivity contribution in [1.82, 2.24) is 0 Å². The highest BCUT2D eigenvalue weighted by Crippen LogP contribution is 2.33. The normalized spacial score (nSPS) is 29.1. The molecule has 0 amide bonds. The maximum atomic E-state index is 11.8. The monoisotopic (exact) mass is 212 g/mol. The second-order valence-electron chi connectivity index (χ2n) is 4.93. The number of hydrogen-bond donors (Lipinski definition) is 0. The fourth-order valence-electron chi connectivity index (χ4n) is 2.74. The minimum absolute atomic E-state index is 0.259. The fraction of sp³-hybridized carbons (Fsp3) is 0.923. The van der Waals surface area contributed by atoms with Gasteiger partial charge in [-0.2, -0.15) is 0 Å². The molecule has 1 aliphatic carbocycles. The van der Waals surface area contributed by atoms with Crippen LogP contribution in [0.4, 0.5) is 0 Å². The molecule has 2 heteroatoms. The van der Waals surface area contributed by atoms with E-state index in [1.54, 1.807) is 7.11 Å². The summed E-state index contributed by atoms with van der Waals surface area (Å²) in [5.74, 6) is 1.89. The highest BCUT2D eigenvalue weighted by atomic mass is 16.5. The number of carbonyl (C=O) groups is 1. The van der Waals surface area contributed by atoms with Crippen molar-refractivity contribution < 1.29 is 9.53 Å². The molecule has 0 spiro atoms. The van der Waals surface area contributed by atoms with Gasteiger partial charge in [-0.05, 0) is 24.7 Å². The van der Waals surface area contributed by atoms with Crippen molar-refractivity contribution >= 4 is 5.78 Å². The van der Waals surface area contributed by atoms with Crippen molar-refractivity contribution in [2.45, 2.75) is 46.0 Å². The molecule has 1 aliphatic rings. The number of ether oxygens (including phenoxy) is 1. The number of hydrogen-bond acceptors (Lipinski definition) is 2. The van der Waals surface area contributed by atoms with Crippen LogP contribution in [0.15, 0.2) is 0 Å². The molecule has 0 aromatic heterocycles. The first-order valence-corrected chi connectivity index (χ1v) is 6.20. The number of rotatable bonds is 5. The Labute approximate surface area is 93.4 Å². The molecular formula is C13H24O2. The van der Waals surface area contributed by atoms with Gasteiger partial charge in [-0.15, -0.1) is 0 Å². The SMILES string of the molecule is CCCC1CCC(=O)C(C(C)COC)C1. The van der Waals surface area contributed by atoms with Gasteiger partial charge in [0.1, 0.15) is 5.78 Å². The quantitative estimate of drug-likeness (QED) is 0.700. The molecule has 0 aromatic rings. The topological polar surface area (TPSA) is 26.3 Å². The summed E-state index contributed by atoms with van der Waals surface area (Å²) in [6.07, 6.45) is 5.52. The average Bonchev–Trinajstić information content (AvgIpc) is 2.21. The Kier molecular flexibility index (Phi) is 5.30. The van der Waals surface area contributed by atoms with Gasteiger partial charge in [0, 0.05) is 26.1 Å². The Hall–Kier alpha value is -0.370. The van der Waals surface area contributed by atoms with Crippen LogP contribution >= 0.6 is 0 Å². The van der Waals surface area contributed by atoms with Crippen LogP contribution in [0.3, 0.4) is 0 Å². The van der Waals surface area contributed by atoms with Crippen LogP contribution in [0.5, 0.6) is 0 Å². The lowest BCUT2D eigenvalue weighted by molar-refractivity contribution is -0.128. The van der Waals surface area contributed by atoms with Gasteiger partial charge < -0.3 is 4.74 Å². The molecule has 0 N–H and O–H groups in total. The van der Waals surface area contributed by atoms with E-state index in [4.69, 9.17) is 4.74 Å². The Morgan fingerprint density at radius 1 is 1.53 bits per heavy atom. The standard InChI is InChI=1S/C13H24O2/c1-4-5-11-6-7-13(14)12(8-11)10(2)9-15-3/h10-12H,4-9H2,1-3H3. The van der Waals surface area contributed by atoms with E-state index in [0.717, 1.165) is 31.8 Å². The number of ketones is 1. The molecule has 88 valence electrons. The fourth-order valence-corrected chi connectivity index (χ4v) is 2.74. The van der Waals surface area contributed by atoms with E-state index in [0.29, 0.717) is 11.7 Å². The third-order valence-electron chi connectivity index (χ3n) is 3.61.